The molecular formula is C20H28FN5O2. The molecule has 0 aliphatic carbocycles. The van der Waals surface area contributed by atoms with Gasteiger partial charge in [-0.3, -0.25) is 9.79 Å². The van der Waals surface area contributed by atoms with Crippen LogP contribution in [0.3, 0.4) is 0 Å². The van der Waals surface area contributed by atoms with Crippen LogP contribution < -0.4 is 10.1 Å². The van der Waals surface area contributed by atoms with E-state index in [1.54, 1.807) is 14.0 Å². The van der Waals surface area contributed by atoms with Crippen molar-refractivity contribution in [2.75, 3.05) is 33.2 Å². The lowest BCUT2D eigenvalue weighted by atomic mass is 10.1. The normalized spacial score (nSPS) is 15.6. The number of benzene rings is 1. The summed E-state index contributed by atoms with van der Waals surface area (Å²) in [6.45, 7) is 12.1. The van der Waals surface area contributed by atoms with Crippen molar-refractivity contribution in [1.82, 2.24) is 15.1 Å². The van der Waals surface area contributed by atoms with Gasteiger partial charge < -0.3 is 19.9 Å². The molecule has 1 aromatic carbocycles. The van der Waals surface area contributed by atoms with Gasteiger partial charge in [0.15, 0.2) is 5.82 Å². The number of ether oxygens (including phenoxy) is 1. The summed E-state index contributed by atoms with van der Waals surface area (Å²) in [4.78, 5) is 24.4. The minimum atomic E-state index is -0.495. The minimum absolute atomic E-state index is 0.0278. The summed E-state index contributed by atoms with van der Waals surface area (Å²) >= 11 is 0. The fourth-order valence-corrected chi connectivity index (χ4v) is 2.76. The molecule has 1 N–H and O–H groups in total. The van der Waals surface area contributed by atoms with Crippen molar-refractivity contribution in [3.63, 3.8) is 0 Å². The van der Waals surface area contributed by atoms with Crippen LogP contribution in [0.2, 0.25) is 0 Å². The van der Waals surface area contributed by atoms with Crippen molar-refractivity contribution in [1.29, 1.82) is 0 Å². The molecule has 8 heteroatoms. The zero-order valence-electron chi connectivity index (χ0n) is 16.9. The number of aliphatic imine (C=N–C) groups is 2. The molecule has 28 heavy (non-hydrogen) atoms. The topological polar surface area (TPSA) is 69.5 Å². The molecule has 2 rings (SSSR count). The summed E-state index contributed by atoms with van der Waals surface area (Å²) in [6.07, 6.45) is 1.35. The highest BCUT2D eigenvalue weighted by atomic mass is 19.1. The molecule has 0 spiro atoms. The number of hydrogen-bond donors (Lipinski definition) is 1. The van der Waals surface area contributed by atoms with E-state index < -0.39 is 5.82 Å². The van der Waals surface area contributed by atoms with Gasteiger partial charge in [0.1, 0.15) is 23.7 Å². The summed E-state index contributed by atoms with van der Waals surface area (Å²) in [5.41, 5.74) is 0.168. The first kappa shape index (κ1) is 21.6. The first-order valence-electron chi connectivity index (χ1n) is 9.24. The Labute approximate surface area is 165 Å². The molecular weight excluding hydrogens is 361 g/mol. The standard InChI is InChI=1S/C20H28FN5O2/c1-14(2)25(5)20(27)17-12-16(21)6-7-18(17)28-15(3)19(24-13-22-4)26-10-8-23-9-11-26/h6-7,12-14,23H,4,8-11H2,1-3,5H3/b19-15-,24-13?. The van der Waals surface area contributed by atoms with Gasteiger partial charge in [-0.15, -0.1) is 0 Å². The van der Waals surface area contributed by atoms with E-state index in [4.69, 9.17) is 4.74 Å². The van der Waals surface area contributed by atoms with Gasteiger partial charge in [0.05, 0.1) is 5.56 Å². The Bertz CT molecular complexity index is 770. The SMILES string of the molecule is C=NC=N/C(=C(\C)Oc1ccc(F)cc1C(=O)N(C)C(C)C)N1CCNCC1. The van der Waals surface area contributed by atoms with Crippen molar-refractivity contribution in [2.45, 2.75) is 26.8 Å². The number of carbonyl (C=O) groups excluding carboxylic acids is 1. The van der Waals surface area contributed by atoms with E-state index in [2.05, 4.69) is 26.9 Å². The monoisotopic (exact) mass is 389 g/mol. The van der Waals surface area contributed by atoms with Crippen molar-refractivity contribution >= 4 is 19.0 Å². The number of nitrogens with one attached hydrogen (secondary N) is 1. The number of rotatable bonds is 7. The highest BCUT2D eigenvalue weighted by Crippen LogP contribution is 2.26. The number of piperazine rings is 1. The minimum Gasteiger partial charge on any atom is -0.457 e. The lowest BCUT2D eigenvalue weighted by molar-refractivity contribution is 0.0751. The Morgan fingerprint density at radius 1 is 1.39 bits per heavy atom. The van der Waals surface area contributed by atoms with Crippen LogP contribution in [0.5, 0.6) is 5.75 Å². The molecule has 0 unspecified atom stereocenters. The summed E-state index contributed by atoms with van der Waals surface area (Å²) in [5, 5.41) is 3.28. The van der Waals surface area contributed by atoms with Gasteiger partial charge in [-0.1, -0.05) is 0 Å². The van der Waals surface area contributed by atoms with E-state index in [1.165, 1.54) is 29.4 Å². The third-order valence-electron chi connectivity index (χ3n) is 4.52. The van der Waals surface area contributed by atoms with Crippen LogP contribution in [0.4, 0.5) is 4.39 Å². The van der Waals surface area contributed by atoms with Gasteiger partial charge in [0, 0.05) is 39.3 Å². The van der Waals surface area contributed by atoms with Crippen molar-refractivity contribution in [3.8, 4) is 5.75 Å². The molecule has 0 atom stereocenters. The summed E-state index contributed by atoms with van der Waals surface area (Å²) in [6, 6.07) is 3.90. The first-order chi connectivity index (χ1) is 13.3. The molecule has 1 aromatic rings. The molecule has 0 radical (unpaired) electrons. The van der Waals surface area contributed by atoms with Gasteiger partial charge in [-0.25, -0.2) is 9.38 Å². The van der Waals surface area contributed by atoms with Gasteiger partial charge >= 0.3 is 0 Å². The lowest BCUT2D eigenvalue weighted by Crippen LogP contribution is -2.43. The number of halogens is 1. The smallest absolute Gasteiger partial charge is 0.257 e. The second kappa shape index (κ2) is 9.98. The highest BCUT2D eigenvalue weighted by molar-refractivity contribution is 5.97. The first-order valence-corrected chi connectivity index (χ1v) is 9.24. The fourth-order valence-electron chi connectivity index (χ4n) is 2.76. The Hall–Kier alpha value is -2.74. The molecule has 1 heterocycles. The summed E-state index contributed by atoms with van der Waals surface area (Å²) in [7, 11) is 1.68. The number of hydrogen-bond acceptors (Lipinski definition) is 5. The summed E-state index contributed by atoms with van der Waals surface area (Å²) < 4.78 is 19.8. The molecule has 1 aliphatic rings. The predicted molar refractivity (Wildman–Crippen MR) is 109 cm³/mol. The third-order valence-corrected chi connectivity index (χ3v) is 4.52. The third kappa shape index (κ3) is 5.39. The van der Waals surface area contributed by atoms with Gasteiger partial charge in [0.2, 0.25) is 0 Å². The average molecular weight is 389 g/mol. The van der Waals surface area contributed by atoms with Crippen LogP contribution in [0.15, 0.2) is 39.8 Å². The quantitative estimate of drug-likeness (QED) is 0.442. The Morgan fingerprint density at radius 2 is 2.07 bits per heavy atom. The largest absolute Gasteiger partial charge is 0.457 e. The Morgan fingerprint density at radius 3 is 2.68 bits per heavy atom. The van der Waals surface area contributed by atoms with Crippen molar-refractivity contribution in [2.24, 2.45) is 9.98 Å². The molecule has 0 aromatic heterocycles. The zero-order valence-corrected chi connectivity index (χ0v) is 16.9. The molecule has 1 saturated heterocycles. The number of allylic oxidation sites excluding steroid dienone is 1. The van der Waals surface area contributed by atoms with Crippen LogP contribution in [-0.2, 0) is 0 Å². The van der Waals surface area contributed by atoms with Gasteiger partial charge in [-0.05, 0) is 45.7 Å². The van der Waals surface area contributed by atoms with E-state index in [9.17, 15) is 9.18 Å². The number of carbonyl (C=O) groups is 1. The maximum Gasteiger partial charge on any atom is 0.257 e. The lowest BCUT2D eigenvalue weighted by Gasteiger charge is -2.30. The Balaban J connectivity index is 2.40. The Kier molecular flexibility index (Phi) is 7.69. The second-order valence-corrected chi connectivity index (χ2v) is 6.80. The highest BCUT2D eigenvalue weighted by Gasteiger charge is 2.22. The fraction of sp³-hybridized carbons (Fsp3) is 0.450. The number of nitrogens with zero attached hydrogens (tertiary/aromatic N) is 4. The van der Waals surface area contributed by atoms with Crippen molar-refractivity contribution < 1.29 is 13.9 Å². The molecule has 0 saturated carbocycles. The average Bonchev–Trinajstić information content (AvgIpc) is 2.69. The van der Waals surface area contributed by atoms with Crippen LogP contribution in [0.25, 0.3) is 0 Å². The van der Waals surface area contributed by atoms with Crippen LogP contribution in [-0.4, -0.2) is 68.0 Å². The molecule has 152 valence electrons. The van der Waals surface area contributed by atoms with E-state index in [0.717, 1.165) is 26.2 Å². The van der Waals surface area contributed by atoms with E-state index >= 15 is 0 Å². The molecule has 7 nitrogen and oxygen atoms in total. The van der Waals surface area contributed by atoms with Gasteiger partial charge in [0.25, 0.3) is 5.91 Å². The zero-order chi connectivity index (χ0) is 20.7. The molecule has 1 aliphatic heterocycles. The van der Waals surface area contributed by atoms with E-state index in [1.807, 2.05) is 13.8 Å². The molecule has 0 bridgehead atoms. The van der Waals surface area contributed by atoms with Crippen LogP contribution >= 0.6 is 0 Å². The van der Waals surface area contributed by atoms with Gasteiger partial charge in [-0.2, -0.15) is 0 Å². The van der Waals surface area contributed by atoms with Crippen LogP contribution in [0.1, 0.15) is 31.1 Å². The van der Waals surface area contributed by atoms with E-state index in [0.29, 0.717) is 11.6 Å². The molecule has 1 amide bonds. The second-order valence-electron chi connectivity index (χ2n) is 6.80. The van der Waals surface area contributed by atoms with Crippen LogP contribution in [0, 0.1) is 5.82 Å². The summed E-state index contributed by atoms with van der Waals surface area (Å²) in [5.74, 6) is 0.581. The number of amides is 1. The van der Waals surface area contributed by atoms with Crippen molar-refractivity contribution in [3.05, 3.63) is 41.2 Å². The maximum atomic E-state index is 13.8. The van der Waals surface area contributed by atoms with E-state index in [-0.39, 0.29) is 23.3 Å². The maximum absolute atomic E-state index is 13.8. The molecule has 1 fully saturated rings. The predicted octanol–water partition coefficient (Wildman–Crippen LogP) is 2.51.